The first-order valence-corrected chi connectivity index (χ1v) is 11.1. The van der Waals surface area contributed by atoms with Crippen molar-refractivity contribution < 1.29 is 18.7 Å². The van der Waals surface area contributed by atoms with Gasteiger partial charge in [0, 0.05) is 37.8 Å². The third-order valence-electron chi connectivity index (χ3n) is 5.75. The van der Waals surface area contributed by atoms with E-state index in [1.54, 1.807) is 47.0 Å². The molecule has 34 heavy (non-hydrogen) atoms. The topological polar surface area (TPSA) is 95.5 Å². The Morgan fingerprint density at radius 2 is 1.82 bits per heavy atom. The minimum absolute atomic E-state index is 0.0610. The van der Waals surface area contributed by atoms with Crippen molar-refractivity contribution >= 4 is 17.5 Å². The number of halogens is 1. The smallest absolute Gasteiger partial charge is 0.268 e. The molecule has 0 saturated carbocycles. The van der Waals surface area contributed by atoms with Crippen molar-refractivity contribution in [3.05, 3.63) is 64.8 Å². The Bertz CT molecular complexity index is 1330. The van der Waals surface area contributed by atoms with Crippen molar-refractivity contribution in [1.82, 2.24) is 24.9 Å². The second kappa shape index (κ2) is 9.18. The van der Waals surface area contributed by atoms with Gasteiger partial charge in [0.25, 0.3) is 11.8 Å². The highest BCUT2D eigenvalue weighted by Crippen LogP contribution is 2.32. The Balaban J connectivity index is 1.33. The Morgan fingerprint density at radius 3 is 2.59 bits per heavy atom. The quantitative estimate of drug-likeness (QED) is 0.415. The first kappa shape index (κ1) is 22.0. The van der Waals surface area contributed by atoms with Crippen molar-refractivity contribution in [2.24, 2.45) is 7.05 Å². The molecule has 0 fully saturated rings. The lowest BCUT2D eigenvalue weighted by atomic mass is 10.0. The fraction of sp³-hybridized carbons (Fsp3) is 0.250. The lowest BCUT2D eigenvalue weighted by molar-refractivity contribution is -0.134. The normalized spacial score (nSPS) is 13.0. The lowest BCUT2D eigenvalue weighted by Gasteiger charge is -2.27. The van der Waals surface area contributed by atoms with Crippen LogP contribution in [-0.4, -0.2) is 51.0 Å². The van der Waals surface area contributed by atoms with Crippen LogP contribution in [0.4, 0.5) is 0 Å². The average molecular weight is 480 g/mol. The second-order valence-corrected chi connectivity index (χ2v) is 8.23. The molecule has 0 bridgehead atoms. The van der Waals surface area contributed by atoms with E-state index in [0.29, 0.717) is 47.4 Å². The first-order chi connectivity index (χ1) is 16.5. The number of carbonyl (C=O) groups excluding carboxylic acids is 1. The van der Waals surface area contributed by atoms with Gasteiger partial charge in [-0.1, -0.05) is 23.7 Å². The second-order valence-electron chi connectivity index (χ2n) is 7.82. The van der Waals surface area contributed by atoms with Gasteiger partial charge in [0.1, 0.15) is 11.5 Å². The van der Waals surface area contributed by atoms with Crippen LogP contribution in [0.2, 0.25) is 5.02 Å². The predicted molar refractivity (Wildman–Crippen MR) is 125 cm³/mol. The molecule has 0 saturated heterocycles. The highest BCUT2D eigenvalue weighted by molar-refractivity contribution is 6.33. The van der Waals surface area contributed by atoms with E-state index < -0.39 is 0 Å². The van der Waals surface area contributed by atoms with Gasteiger partial charge in [0.05, 0.1) is 17.7 Å². The lowest BCUT2D eigenvalue weighted by Crippen LogP contribution is -2.39. The summed E-state index contributed by atoms with van der Waals surface area (Å²) in [5.74, 6) is 1.82. The van der Waals surface area contributed by atoms with Gasteiger partial charge in [-0.25, -0.2) is 0 Å². The number of aryl methyl sites for hydroxylation is 1. The van der Waals surface area contributed by atoms with Crippen molar-refractivity contribution in [1.29, 1.82) is 0 Å². The summed E-state index contributed by atoms with van der Waals surface area (Å²) in [6.07, 6.45) is 0.665. The summed E-state index contributed by atoms with van der Waals surface area (Å²) in [6.45, 7) is 0.896. The standard InChI is InChI=1S/C24H22ClN5O4/c1-29-20-11-12-30(21(31)14-33-16-9-7-15(32-2)8-10-16)13-18(20)22(28-29)24-27-26-23(34-24)17-5-3-4-6-19(17)25/h3-10H,11-14H2,1-2H3. The van der Waals surface area contributed by atoms with Crippen LogP contribution in [0.5, 0.6) is 11.5 Å². The summed E-state index contributed by atoms with van der Waals surface area (Å²) < 4.78 is 18.5. The number of hydrogen-bond acceptors (Lipinski definition) is 7. The van der Waals surface area contributed by atoms with E-state index in [2.05, 4.69) is 15.3 Å². The molecule has 9 nitrogen and oxygen atoms in total. The molecule has 174 valence electrons. The molecule has 5 rings (SSSR count). The van der Waals surface area contributed by atoms with E-state index in [-0.39, 0.29) is 18.4 Å². The van der Waals surface area contributed by atoms with E-state index >= 15 is 0 Å². The highest BCUT2D eigenvalue weighted by atomic mass is 35.5. The maximum absolute atomic E-state index is 12.9. The molecule has 1 aliphatic heterocycles. The monoisotopic (exact) mass is 479 g/mol. The number of methoxy groups -OCH3 is 1. The third kappa shape index (κ3) is 4.22. The molecule has 0 N–H and O–H groups in total. The van der Waals surface area contributed by atoms with Crippen molar-refractivity contribution in [2.75, 3.05) is 20.3 Å². The zero-order valence-electron chi connectivity index (χ0n) is 18.7. The molecular weight excluding hydrogens is 458 g/mol. The fourth-order valence-corrected chi connectivity index (χ4v) is 4.16. The van der Waals surface area contributed by atoms with E-state index in [1.807, 2.05) is 25.2 Å². The Labute approximate surface area is 200 Å². The predicted octanol–water partition coefficient (Wildman–Crippen LogP) is 3.76. The zero-order chi connectivity index (χ0) is 23.7. The molecule has 2 aromatic carbocycles. The van der Waals surface area contributed by atoms with Crippen molar-refractivity contribution in [3.8, 4) is 34.5 Å². The number of ether oxygens (including phenoxy) is 2. The average Bonchev–Trinajstić information content (AvgIpc) is 3.47. The van der Waals surface area contributed by atoms with E-state index in [4.69, 9.17) is 25.5 Å². The molecule has 10 heteroatoms. The number of carbonyl (C=O) groups is 1. The largest absolute Gasteiger partial charge is 0.497 e. The van der Waals surface area contributed by atoms with Crippen LogP contribution < -0.4 is 9.47 Å². The number of fused-ring (bicyclic) bond motifs is 1. The van der Waals surface area contributed by atoms with E-state index in [1.165, 1.54) is 0 Å². The summed E-state index contributed by atoms with van der Waals surface area (Å²) in [6, 6.07) is 14.4. The first-order valence-electron chi connectivity index (χ1n) is 10.7. The Kier molecular flexibility index (Phi) is 5.93. The van der Waals surface area contributed by atoms with Crippen LogP contribution in [0, 0.1) is 0 Å². The molecule has 4 aromatic rings. The molecule has 0 radical (unpaired) electrons. The van der Waals surface area contributed by atoms with Crippen LogP contribution in [0.3, 0.4) is 0 Å². The van der Waals surface area contributed by atoms with Crippen LogP contribution in [0.25, 0.3) is 23.0 Å². The third-order valence-corrected chi connectivity index (χ3v) is 6.08. The van der Waals surface area contributed by atoms with Gasteiger partial charge >= 0.3 is 0 Å². The molecular formula is C24H22ClN5O4. The molecule has 1 aliphatic rings. The van der Waals surface area contributed by atoms with Gasteiger partial charge in [-0.3, -0.25) is 9.48 Å². The van der Waals surface area contributed by atoms with E-state index in [9.17, 15) is 4.79 Å². The van der Waals surface area contributed by atoms with Gasteiger partial charge in [-0.15, -0.1) is 10.2 Å². The fourth-order valence-electron chi connectivity index (χ4n) is 3.95. The number of benzene rings is 2. The van der Waals surface area contributed by atoms with Crippen molar-refractivity contribution in [2.45, 2.75) is 13.0 Å². The number of hydrogen-bond donors (Lipinski definition) is 0. The molecule has 0 atom stereocenters. The minimum Gasteiger partial charge on any atom is -0.497 e. The van der Waals surface area contributed by atoms with Gasteiger partial charge in [0.2, 0.25) is 5.89 Å². The molecule has 3 heterocycles. The van der Waals surface area contributed by atoms with Gasteiger partial charge in [-0.05, 0) is 36.4 Å². The van der Waals surface area contributed by atoms with Gasteiger partial charge in [-0.2, -0.15) is 5.10 Å². The van der Waals surface area contributed by atoms with Gasteiger partial charge in [0.15, 0.2) is 12.3 Å². The molecule has 0 unspecified atom stereocenters. The minimum atomic E-state index is -0.112. The zero-order valence-corrected chi connectivity index (χ0v) is 19.5. The molecule has 0 spiro atoms. The van der Waals surface area contributed by atoms with E-state index in [0.717, 1.165) is 17.0 Å². The maximum atomic E-state index is 12.9. The summed E-state index contributed by atoms with van der Waals surface area (Å²) in [7, 11) is 3.47. The van der Waals surface area contributed by atoms with Gasteiger partial charge < -0.3 is 18.8 Å². The molecule has 1 amide bonds. The molecule has 0 aliphatic carbocycles. The number of amides is 1. The van der Waals surface area contributed by atoms with Crippen LogP contribution >= 0.6 is 11.6 Å². The SMILES string of the molecule is COc1ccc(OCC(=O)N2CCc3c(c(-c4nnc(-c5ccccc5Cl)o4)nn3C)C2)cc1. The number of nitrogens with zero attached hydrogens (tertiary/aromatic N) is 5. The summed E-state index contributed by atoms with van der Waals surface area (Å²) in [5, 5.41) is 13.5. The summed E-state index contributed by atoms with van der Waals surface area (Å²) in [4.78, 5) is 14.6. The Morgan fingerprint density at radius 1 is 1.09 bits per heavy atom. The van der Waals surface area contributed by atoms with Crippen LogP contribution in [0.1, 0.15) is 11.3 Å². The summed E-state index contributed by atoms with van der Waals surface area (Å²) >= 11 is 6.27. The number of aromatic nitrogens is 4. The maximum Gasteiger partial charge on any atom is 0.268 e. The molecule has 2 aromatic heterocycles. The number of rotatable bonds is 6. The van der Waals surface area contributed by atoms with Crippen LogP contribution in [-0.2, 0) is 24.8 Å². The Hall–Kier alpha value is -3.85. The summed E-state index contributed by atoms with van der Waals surface area (Å²) in [5.41, 5.74) is 3.14. The van der Waals surface area contributed by atoms with Crippen molar-refractivity contribution in [3.63, 3.8) is 0 Å². The highest BCUT2D eigenvalue weighted by Gasteiger charge is 2.29. The van der Waals surface area contributed by atoms with Crippen LogP contribution in [0.15, 0.2) is 52.9 Å².